The van der Waals surface area contributed by atoms with Gasteiger partial charge in [-0.05, 0) is 30.3 Å². The molecule has 0 saturated carbocycles. The van der Waals surface area contributed by atoms with Crippen LogP contribution in [0.1, 0.15) is 16.1 Å². The Balaban J connectivity index is 1.97. The van der Waals surface area contributed by atoms with E-state index in [9.17, 15) is 18.0 Å². The second-order valence-corrected chi connectivity index (χ2v) is 7.54. The summed E-state index contributed by atoms with van der Waals surface area (Å²) in [5, 5.41) is 6.23. The van der Waals surface area contributed by atoms with Crippen molar-refractivity contribution in [2.75, 3.05) is 0 Å². The van der Waals surface area contributed by atoms with Crippen LogP contribution in [0.5, 0.6) is 0 Å². The number of carbonyl (C=O) groups is 1. The minimum Gasteiger partial charge on any atom is -0.366 e. The fraction of sp³-hybridized carbons (Fsp3) is 0.0500. The normalized spacial score (nSPS) is 11.6. The van der Waals surface area contributed by atoms with Crippen molar-refractivity contribution in [1.29, 1.82) is 0 Å². The van der Waals surface area contributed by atoms with E-state index in [2.05, 4.69) is 10.1 Å². The molecule has 4 rings (SSSR count). The number of aromatic nitrogens is 3. The van der Waals surface area contributed by atoms with Crippen LogP contribution >= 0.6 is 22.9 Å². The number of primary amides is 1. The smallest absolute Gasteiger partial charge is 0.366 e. The third-order valence-electron chi connectivity index (χ3n) is 4.32. The molecule has 0 bridgehead atoms. The third-order valence-corrected chi connectivity index (χ3v) is 5.45. The van der Waals surface area contributed by atoms with Crippen molar-refractivity contribution in [3.05, 3.63) is 76.4 Å². The predicted molar refractivity (Wildman–Crippen MR) is 109 cm³/mol. The highest BCUT2D eigenvalue weighted by molar-refractivity contribution is 7.13. The summed E-state index contributed by atoms with van der Waals surface area (Å²) in [7, 11) is 0. The molecule has 0 aliphatic carbocycles. The van der Waals surface area contributed by atoms with Gasteiger partial charge in [0.1, 0.15) is 5.01 Å². The second-order valence-electron chi connectivity index (χ2n) is 6.24. The number of nitrogens with zero attached hydrogens (tertiary/aromatic N) is 3. The molecule has 0 aliphatic heterocycles. The monoisotopic (exact) mass is 448 g/mol. The van der Waals surface area contributed by atoms with Gasteiger partial charge >= 0.3 is 6.18 Å². The average molecular weight is 449 g/mol. The summed E-state index contributed by atoms with van der Waals surface area (Å²) in [5.74, 6) is -0.664. The van der Waals surface area contributed by atoms with Crippen molar-refractivity contribution < 1.29 is 18.0 Å². The number of thiazole rings is 1. The Morgan fingerprint density at radius 1 is 1.13 bits per heavy atom. The third kappa shape index (κ3) is 3.69. The zero-order chi connectivity index (χ0) is 21.5. The first-order valence-corrected chi connectivity index (χ1v) is 9.77. The number of carbonyl (C=O) groups excluding carboxylic acids is 1. The number of halogens is 4. The van der Waals surface area contributed by atoms with Gasteiger partial charge in [0.05, 0.1) is 16.4 Å². The Bertz CT molecular complexity index is 1240. The van der Waals surface area contributed by atoms with Gasteiger partial charge in [-0.15, -0.1) is 11.3 Å². The zero-order valence-electron chi connectivity index (χ0n) is 15.0. The molecule has 0 atom stereocenters. The summed E-state index contributed by atoms with van der Waals surface area (Å²) in [6.45, 7) is 0. The lowest BCUT2D eigenvalue weighted by Crippen LogP contribution is -2.12. The van der Waals surface area contributed by atoms with Crippen LogP contribution in [0.15, 0.2) is 60.1 Å². The minimum atomic E-state index is -4.65. The number of hydrogen-bond acceptors (Lipinski definition) is 4. The summed E-state index contributed by atoms with van der Waals surface area (Å²) in [5.41, 5.74) is 5.89. The Labute approximate surface area is 177 Å². The van der Waals surface area contributed by atoms with E-state index in [4.69, 9.17) is 17.3 Å². The number of nitrogens with two attached hydrogens (primary N) is 1. The maximum absolute atomic E-state index is 13.4. The molecule has 4 aromatic rings. The molecule has 10 heteroatoms. The number of amides is 1. The maximum atomic E-state index is 13.4. The number of benzene rings is 2. The first kappa shape index (κ1) is 20.1. The van der Waals surface area contributed by atoms with Gasteiger partial charge in [-0.2, -0.15) is 18.3 Å². The van der Waals surface area contributed by atoms with Gasteiger partial charge in [0, 0.05) is 28.3 Å². The molecule has 2 N–H and O–H groups in total. The van der Waals surface area contributed by atoms with Gasteiger partial charge in [-0.3, -0.25) is 4.79 Å². The van der Waals surface area contributed by atoms with Crippen molar-refractivity contribution in [3.63, 3.8) is 0 Å². The second kappa shape index (κ2) is 7.58. The van der Waals surface area contributed by atoms with E-state index in [0.717, 1.165) is 10.7 Å². The van der Waals surface area contributed by atoms with Crippen LogP contribution in [0.4, 0.5) is 13.2 Å². The average Bonchev–Trinajstić information content (AvgIpc) is 3.38. The molecular formula is C20H12ClF3N4OS. The summed E-state index contributed by atoms with van der Waals surface area (Å²) in [6.07, 6.45) is -3.08. The number of hydrogen-bond donors (Lipinski definition) is 1. The quantitative estimate of drug-likeness (QED) is 0.452. The van der Waals surface area contributed by atoms with Crippen LogP contribution in [0.2, 0.25) is 5.02 Å². The van der Waals surface area contributed by atoms with Gasteiger partial charge in [-0.1, -0.05) is 29.8 Å². The highest BCUT2D eigenvalue weighted by atomic mass is 35.5. The maximum Gasteiger partial charge on any atom is 0.435 e. The molecule has 0 spiro atoms. The van der Waals surface area contributed by atoms with E-state index in [1.165, 1.54) is 23.5 Å². The van der Waals surface area contributed by atoms with E-state index in [1.54, 1.807) is 41.9 Å². The number of rotatable bonds is 4. The van der Waals surface area contributed by atoms with Gasteiger partial charge in [-0.25, -0.2) is 9.67 Å². The van der Waals surface area contributed by atoms with E-state index in [1.807, 2.05) is 0 Å². The number of alkyl halides is 3. The first-order valence-electron chi connectivity index (χ1n) is 8.52. The molecule has 2 heterocycles. The van der Waals surface area contributed by atoms with Crippen LogP contribution < -0.4 is 5.73 Å². The molecule has 2 aromatic carbocycles. The molecule has 1 amide bonds. The van der Waals surface area contributed by atoms with Crippen molar-refractivity contribution >= 4 is 28.8 Å². The topological polar surface area (TPSA) is 73.8 Å². The van der Waals surface area contributed by atoms with E-state index in [-0.39, 0.29) is 16.3 Å². The standard InChI is InChI=1S/C20H12ClF3N4OS/c21-14-3-1-2-4-15(14)28-16(10-17(27-28)20(22,23)24)11-5-6-12(18(25)29)13(9-11)19-26-7-8-30-19/h1-10H,(H2,25,29). The van der Waals surface area contributed by atoms with Gasteiger partial charge in [0.25, 0.3) is 0 Å². The van der Waals surface area contributed by atoms with Crippen molar-refractivity contribution in [2.45, 2.75) is 6.18 Å². The van der Waals surface area contributed by atoms with Gasteiger partial charge in [0.2, 0.25) is 5.91 Å². The van der Waals surface area contributed by atoms with Crippen LogP contribution in [0, 0.1) is 0 Å². The molecule has 0 aliphatic rings. The molecule has 0 unspecified atom stereocenters. The van der Waals surface area contributed by atoms with Crippen LogP contribution in [-0.4, -0.2) is 20.7 Å². The van der Waals surface area contributed by atoms with Crippen LogP contribution in [0.25, 0.3) is 27.5 Å². The molecular weight excluding hydrogens is 437 g/mol. The predicted octanol–water partition coefficient (Wildman–Crippen LogP) is 5.43. The van der Waals surface area contributed by atoms with Crippen molar-refractivity contribution in [2.24, 2.45) is 5.73 Å². The highest BCUT2D eigenvalue weighted by Gasteiger charge is 2.35. The highest BCUT2D eigenvalue weighted by Crippen LogP contribution is 2.36. The molecule has 152 valence electrons. The summed E-state index contributed by atoms with van der Waals surface area (Å²) in [4.78, 5) is 16.0. The molecule has 2 aromatic heterocycles. The Morgan fingerprint density at radius 3 is 2.53 bits per heavy atom. The summed E-state index contributed by atoms with van der Waals surface area (Å²) < 4.78 is 41.4. The van der Waals surface area contributed by atoms with Gasteiger partial charge in [0.15, 0.2) is 5.69 Å². The zero-order valence-corrected chi connectivity index (χ0v) is 16.6. The van der Waals surface area contributed by atoms with E-state index >= 15 is 0 Å². The van der Waals surface area contributed by atoms with Crippen LogP contribution in [0.3, 0.4) is 0 Å². The first-order chi connectivity index (χ1) is 14.3. The Hall–Kier alpha value is -3.17. The molecule has 0 saturated heterocycles. The summed E-state index contributed by atoms with van der Waals surface area (Å²) >= 11 is 7.49. The molecule has 5 nitrogen and oxygen atoms in total. The molecule has 30 heavy (non-hydrogen) atoms. The summed E-state index contributed by atoms with van der Waals surface area (Å²) in [6, 6.07) is 11.9. The Kier molecular flexibility index (Phi) is 5.08. The number of para-hydroxylation sites is 1. The SMILES string of the molecule is NC(=O)c1ccc(-c2cc(C(F)(F)F)nn2-c2ccccc2Cl)cc1-c1nccs1. The van der Waals surface area contributed by atoms with Crippen molar-refractivity contribution in [3.8, 4) is 27.5 Å². The van der Waals surface area contributed by atoms with E-state index < -0.39 is 17.8 Å². The fourth-order valence-electron chi connectivity index (χ4n) is 2.98. The van der Waals surface area contributed by atoms with Crippen molar-refractivity contribution in [1.82, 2.24) is 14.8 Å². The molecule has 0 radical (unpaired) electrons. The van der Waals surface area contributed by atoms with E-state index in [0.29, 0.717) is 21.8 Å². The van der Waals surface area contributed by atoms with Gasteiger partial charge < -0.3 is 5.73 Å². The molecule has 0 fully saturated rings. The Morgan fingerprint density at radius 2 is 1.90 bits per heavy atom. The lowest BCUT2D eigenvalue weighted by Gasteiger charge is -2.11. The fourth-order valence-corrected chi connectivity index (χ4v) is 3.87. The minimum absolute atomic E-state index is 0.157. The largest absolute Gasteiger partial charge is 0.435 e. The lowest BCUT2D eigenvalue weighted by atomic mass is 10.0. The lowest BCUT2D eigenvalue weighted by molar-refractivity contribution is -0.141. The van der Waals surface area contributed by atoms with Crippen LogP contribution in [-0.2, 0) is 6.18 Å².